The van der Waals surface area contributed by atoms with Crippen LogP contribution < -0.4 is 5.32 Å². The van der Waals surface area contributed by atoms with E-state index in [2.05, 4.69) is 32.2 Å². The second kappa shape index (κ2) is 7.86. The van der Waals surface area contributed by atoms with Crippen molar-refractivity contribution in [3.05, 3.63) is 21.4 Å². The maximum absolute atomic E-state index is 3.45. The fraction of sp³-hybridized carbons (Fsp3) is 0.714. The van der Waals surface area contributed by atoms with E-state index in [1.54, 1.807) is 5.56 Å². The van der Waals surface area contributed by atoms with Gasteiger partial charge in [0, 0.05) is 9.75 Å². The molecule has 16 heavy (non-hydrogen) atoms. The first-order valence-corrected chi connectivity index (χ1v) is 7.32. The number of rotatable bonds is 8. The number of thiophene rings is 1. The molecule has 0 fully saturated rings. The molecule has 2 heteroatoms. The van der Waals surface area contributed by atoms with E-state index in [9.17, 15) is 0 Å². The molecule has 1 N–H and O–H groups in total. The molecule has 1 aromatic rings. The molecule has 1 nitrogen and oxygen atoms in total. The lowest BCUT2D eigenvalue weighted by Crippen LogP contribution is -2.15. The molecular weight excluding hydrogens is 214 g/mol. The standard InChI is InChI=1S/C14H25NS/c1-4-9-15-10-7-5-6-8-14-11-12(2)16-13(14)3/h11,15H,4-10H2,1-3H3. The molecule has 0 atom stereocenters. The second-order valence-corrected chi connectivity index (χ2v) is 5.96. The Balaban J connectivity index is 2.05. The van der Waals surface area contributed by atoms with Crippen molar-refractivity contribution in [2.24, 2.45) is 0 Å². The van der Waals surface area contributed by atoms with Gasteiger partial charge in [-0.2, -0.15) is 0 Å². The number of nitrogens with one attached hydrogen (secondary N) is 1. The average molecular weight is 239 g/mol. The minimum absolute atomic E-state index is 1.17. The van der Waals surface area contributed by atoms with Gasteiger partial charge in [0.1, 0.15) is 0 Å². The number of unbranched alkanes of at least 4 members (excludes halogenated alkanes) is 2. The maximum Gasteiger partial charge on any atom is 0.00490 e. The molecule has 0 saturated heterocycles. The quantitative estimate of drug-likeness (QED) is 0.674. The Morgan fingerprint density at radius 3 is 2.56 bits per heavy atom. The van der Waals surface area contributed by atoms with Crippen LogP contribution in [0.4, 0.5) is 0 Å². The van der Waals surface area contributed by atoms with Crippen LogP contribution in [0.1, 0.15) is 47.9 Å². The van der Waals surface area contributed by atoms with Gasteiger partial charge in [-0.05, 0) is 64.3 Å². The highest BCUT2D eigenvalue weighted by atomic mass is 32.1. The Kier molecular flexibility index (Phi) is 6.74. The third-order valence-electron chi connectivity index (χ3n) is 2.87. The summed E-state index contributed by atoms with van der Waals surface area (Å²) in [6, 6.07) is 2.36. The lowest BCUT2D eigenvalue weighted by Gasteiger charge is -2.03. The minimum Gasteiger partial charge on any atom is -0.317 e. The van der Waals surface area contributed by atoms with Crippen LogP contribution in [0, 0.1) is 13.8 Å². The molecule has 1 aromatic heterocycles. The Labute approximate surface area is 104 Å². The smallest absolute Gasteiger partial charge is 0.00490 e. The zero-order valence-corrected chi connectivity index (χ0v) is 11.8. The Morgan fingerprint density at radius 1 is 1.12 bits per heavy atom. The number of hydrogen-bond acceptors (Lipinski definition) is 2. The van der Waals surface area contributed by atoms with Gasteiger partial charge in [-0.15, -0.1) is 11.3 Å². The van der Waals surface area contributed by atoms with Crippen LogP contribution in [0.15, 0.2) is 6.07 Å². The summed E-state index contributed by atoms with van der Waals surface area (Å²) in [5.74, 6) is 0. The Bertz CT molecular complexity index is 291. The van der Waals surface area contributed by atoms with Gasteiger partial charge in [0.15, 0.2) is 0 Å². The van der Waals surface area contributed by atoms with Crippen LogP contribution in [0.5, 0.6) is 0 Å². The number of aryl methyl sites for hydroxylation is 3. The van der Waals surface area contributed by atoms with E-state index in [4.69, 9.17) is 0 Å². The molecule has 0 radical (unpaired) electrons. The monoisotopic (exact) mass is 239 g/mol. The van der Waals surface area contributed by atoms with Crippen molar-refractivity contribution in [2.45, 2.75) is 52.9 Å². The van der Waals surface area contributed by atoms with E-state index < -0.39 is 0 Å². The molecule has 0 aliphatic carbocycles. The van der Waals surface area contributed by atoms with Crippen molar-refractivity contribution in [1.82, 2.24) is 5.32 Å². The van der Waals surface area contributed by atoms with Crippen LogP contribution in [-0.4, -0.2) is 13.1 Å². The van der Waals surface area contributed by atoms with Crippen LogP contribution >= 0.6 is 11.3 Å². The SMILES string of the molecule is CCCNCCCCCc1cc(C)sc1C. The van der Waals surface area contributed by atoms with Crippen molar-refractivity contribution in [2.75, 3.05) is 13.1 Å². The molecule has 92 valence electrons. The van der Waals surface area contributed by atoms with E-state index >= 15 is 0 Å². The third-order valence-corrected chi connectivity index (χ3v) is 3.88. The molecule has 0 aromatic carbocycles. The topological polar surface area (TPSA) is 12.0 Å². The van der Waals surface area contributed by atoms with Crippen LogP contribution in [-0.2, 0) is 6.42 Å². The highest BCUT2D eigenvalue weighted by Gasteiger charge is 2.01. The van der Waals surface area contributed by atoms with Gasteiger partial charge < -0.3 is 5.32 Å². The van der Waals surface area contributed by atoms with Gasteiger partial charge in [-0.25, -0.2) is 0 Å². The molecule has 0 aliphatic heterocycles. The summed E-state index contributed by atoms with van der Waals surface area (Å²) in [4.78, 5) is 2.97. The molecular formula is C14H25NS. The molecule has 0 amide bonds. The third kappa shape index (κ3) is 5.13. The molecule has 1 heterocycles. The fourth-order valence-electron chi connectivity index (χ4n) is 1.98. The molecule has 0 saturated carbocycles. The van der Waals surface area contributed by atoms with E-state index in [0.717, 1.165) is 0 Å². The summed E-state index contributed by atoms with van der Waals surface area (Å²) in [5.41, 5.74) is 1.57. The zero-order valence-electron chi connectivity index (χ0n) is 10.9. The summed E-state index contributed by atoms with van der Waals surface area (Å²) in [6.45, 7) is 9.03. The summed E-state index contributed by atoms with van der Waals surface area (Å²) in [6.07, 6.45) is 6.52. The molecule has 0 aliphatic rings. The van der Waals surface area contributed by atoms with E-state index in [1.807, 2.05) is 11.3 Å². The largest absolute Gasteiger partial charge is 0.317 e. The van der Waals surface area contributed by atoms with Crippen LogP contribution in [0.2, 0.25) is 0 Å². The first-order valence-electron chi connectivity index (χ1n) is 6.50. The van der Waals surface area contributed by atoms with Crippen molar-refractivity contribution in [1.29, 1.82) is 0 Å². The summed E-state index contributed by atoms with van der Waals surface area (Å²) < 4.78 is 0. The van der Waals surface area contributed by atoms with E-state index in [0.29, 0.717) is 0 Å². The number of hydrogen-bond donors (Lipinski definition) is 1. The fourth-order valence-corrected chi connectivity index (χ4v) is 2.95. The van der Waals surface area contributed by atoms with Gasteiger partial charge in [0.05, 0.1) is 0 Å². The lowest BCUT2D eigenvalue weighted by molar-refractivity contribution is 0.599. The summed E-state index contributed by atoms with van der Waals surface area (Å²) >= 11 is 1.93. The Morgan fingerprint density at radius 2 is 1.94 bits per heavy atom. The van der Waals surface area contributed by atoms with Gasteiger partial charge in [0.25, 0.3) is 0 Å². The van der Waals surface area contributed by atoms with Gasteiger partial charge in [0.2, 0.25) is 0 Å². The van der Waals surface area contributed by atoms with Crippen LogP contribution in [0.25, 0.3) is 0 Å². The predicted molar refractivity (Wildman–Crippen MR) is 74.5 cm³/mol. The minimum atomic E-state index is 1.17. The van der Waals surface area contributed by atoms with Gasteiger partial charge in [-0.3, -0.25) is 0 Å². The summed E-state index contributed by atoms with van der Waals surface area (Å²) in [7, 11) is 0. The highest BCUT2D eigenvalue weighted by Crippen LogP contribution is 2.22. The normalized spacial score (nSPS) is 10.9. The summed E-state index contributed by atoms with van der Waals surface area (Å²) in [5, 5.41) is 3.45. The second-order valence-electron chi connectivity index (χ2n) is 4.50. The van der Waals surface area contributed by atoms with Crippen molar-refractivity contribution in [3.8, 4) is 0 Å². The predicted octanol–water partition coefficient (Wildman–Crippen LogP) is 4.08. The Hall–Kier alpha value is -0.340. The highest BCUT2D eigenvalue weighted by molar-refractivity contribution is 7.12. The van der Waals surface area contributed by atoms with Gasteiger partial charge in [-0.1, -0.05) is 13.3 Å². The van der Waals surface area contributed by atoms with E-state index in [-0.39, 0.29) is 0 Å². The molecule has 0 unspecified atom stereocenters. The molecule has 0 bridgehead atoms. The van der Waals surface area contributed by atoms with E-state index in [1.165, 1.54) is 54.9 Å². The maximum atomic E-state index is 3.45. The molecule has 1 rings (SSSR count). The first-order chi connectivity index (χ1) is 7.74. The van der Waals surface area contributed by atoms with Crippen molar-refractivity contribution >= 4 is 11.3 Å². The lowest BCUT2D eigenvalue weighted by atomic mass is 10.1. The average Bonchev–Trinajstić information content (AvgIpc) is 2.56. The first kappa shape index (κ1) is 13.7. The van der Waals surface area contributed by atoms with Crippen molar-refractivity contribution < 1.29 is 0 Å². The molecule has 0 spiro atoms. The zero-order chi connectivity index (χ0) is 11.8. The van der Waals surface area contributed by atoms with Crippen LogP contribution in [0.3, 0.4) is 0 Å². The van der Waals surface area contributed by atoms with Crippen molar-refractivity contribution in [3.63, 3.8) is 0 Å². The van der Waals surface area contributed by atoms with Gasteiger partial charge >= 0.3 is 0 Å².